The van der Waals surface area contributed by atoms with Crippen LogP contribution in [-0.4, -0.2) is 44.8 Å². The molecule has 0 radical (unpaired) electrons. The van der Waals surface area contributed by atoms with Crippen LogP contribution in [0.1, 0.15) is 72.1 Å². The second kappa shape index (κ2) is 12.5. The van der Waals surface area contributed by atoms with Crippen LogP contribution in [-0.2, 0) is 4.74 Å². The molecule has 1 aliphatic heterocycles. The van der Waals surface area contributed by atoms with Crippen molar-refractivity contribution in [1.82, 2.24) is 10.6 Å². The summed E-state index contributed by atoms with van der Waals surface area (Å²) in [5.41, 5.74) is 5.83. The highest BCUT2D eigenvalue weighted by atomic mass is 16.5. The molecule has 0 amide bonds. The fraction of sp³-hybridized carbons (Fsp3) is 0.947. The van der Waals surface area contributed by atoms with Crippen molar-refractivity contribution in [1.29, 1.82) is 0 Å². The second-order valence-electron chi connectivity index (χ2n) is 7.76. The summed E-state index contributed by atoms with van der Waals surface area (Å²) >= 11 is 0. The number of rotatable bonds is 13. The highest BCUT2D eigenvalue weighted by Crippen LogP contribution is 2.11. The zero-order valence-corrected chi connectivity index (χ0v) is 16.2. The third-order valence-electron chi connectivity index (χ3n) is 4.59. The Morgan fingerprint density at radius 1 is 1.17 bits per heavy atom. The lowest BCUT2D eigenvalue weighted by Gasteiger charge is -2.27. The summed E-state index contributed by atoms with van der Waals surface area (Å²) in [6, 6.07) is 0. The van der Waals surface area contributed by atoms with Gasteiger partial charge in [-0.05, 0) is 18.4 Å². The first-order chi connectivity index (χ1) is 11.6. The van der Waals surface area contributed by atoms with Gasteiger partial charge in [-0.15, -0.1) is 0 Å². The Balaban J connectivity index is 1.99. The van der Waals surface area contributed by atoms with Crippen LogP contribution >= 0.6 is 0 Å². The lowest BCUT2D eigenvalue weighted by molar-refractivity contribution is 0.0564. The minimum Gasteiger partial charge on any atom is -0.374 e. The molecule has 0 aromatic carbocycles. The summed E-state index contributed by atoms with van der Waals surface area (Å²) in [6.45, 7) is 10.5. The summed E-state index contributed by atoms with van der Waals surface area (Å²) in [4.78, 5) is 4.53. The highest BCUT2D eigenvalue weighted by molar-refractivity contribution is 5.80. The fourth-order valence-corrected chi connectivity index (χ4v) is 2.64. The minimum atomic E-state index is 0.0914. The Morgan fingerprint density at radius 2 is 1.83 bits per heavy atom. The third kappa shape index (κ3) is 10.1. The number of aliphatic imine (C=N–C) groups is 1. The van der Waals surface area contributed by atoms with E-state index in [9.17, 15) is 0 Å². The molecule has 0 aromatic heterocycles. The molecule has 1 atom stereocenters. The molecule has 5 heteroatoms. The summed E-state index contributed by atoms with van der Waals surface area (Å²) in [5, 5.41) is 6.66. The van der Waals surface area contributed by atoms with E-state index in [-0.39, 0.29) is 11.5 Å². The van der Waals surface area contributed by atoms with Gasteiger partial charge in [0.15, 0.2) is 5.96 Å². The number of nitrogens with one attached hydrogen (secondary N) is 2. The van der Waals surface area contributed by atoms with Gasteiger partial charge >= 0.3 is 0 Å². The van der Waals surface area contributed by atoms with Gasteiger partial charge in [0, 0.05) is 19.7 Å². The smallest absolute Gasteiger partial charge is 0.191 e. The molecule has 1 heterocycles. The minimum absolute atomic E-state index is 0.0914. The maximum absolute atomic E-state index is 5.93. The second-order valence-corrected chi connectivity index (χ2v) is 7.76. The predicted molar refractivity (Wildman–Crippen MR) is 103 cm³/mol. The van der Waals surface area contributed by atoms with E-state index in [2.05, 4.69) is 36.4 Å². The third-order valence-corrected chi connectivity index (χ3v) is 4.59. The lowest BCUT2D eigenvalue weighted by Crippen LogP contribution is -2.49. The maximum Gasteiger partial charge on any atom is 0.191 e. The summed E-state index contributed by atoms with van der Waals surface area (Å²) in [5.74, 6) is 0.878. The molecule has 0 bridgehead atoms. The molecular formula is C19H40N4O. The van der Waals surface area contributed by atoms with E-state index >= 15 is 0 Å². The van der Waals surface area contributed by atoms with Crippen molar-refractivity contribution in [2.24, 2.45) is 16.1 Å². The molecule has 0 saturated heterocycles. The van der Waals surface area contributed by atoms with E-state index in [0.717, 1.165) is 32.2 Å². The number of ether oxygens (including phenoxy) is 1. The van der Waals surface area contributed by atoms with E-state index in [1.807, 2.05) is 0 Å². The van der Waals surface area contributed by atoms with Crippen LogP contribution in [0.25, 0.3) is 0 Å². The lowest BCUT2D eigenvalue weighted by atomic mass is 9.94. The van der Waals surface area contributed by atoms with Gasteiger partial charge in [-0.1, -0.05) is 65.7 Å². The molecule has 142 valence electrons. The number of nitrogens with two attached hydrogens (primary N) is 1. The molecule has 1 aliphatic rings. The van der Waals surface area contributed by atoms with Crippen LogP contribution in [0.5, 0.6) is 0 Å². The number of unbranched alkanes of at least 4 members (excludes halogenated alkanes) is 7. The monoisotopic (exact) mass is 340 g/mol. The quantitative estimate of drug-likeness (QED) is 0.451. The van der Waals surface area contributed by atoms with Crippen molar-refractivity contribution in [3.63, 3.8) is 0 Å². The molecule has 1 rings (SSSR count). The van der Waals surface area contributed by atoms with Gasteiger partial charge < -0.3 is 21.1 Å². The normalized spacial score (nSPS) is 18.2. The molecule has 0 fully saturated rings. The summed E-state index contributed by atoms with van der Waals surface area (Å²) in [7, 11) is 0. The largest absolute Gasteiger partial charge is 0.374 e. The van der Waals surface area contributed by atoms with Gasteiger partial charge in [0.1, 0.15) is 0 Å². The molecule has 4 N–H and O–H groups in total. The molecule has 5 nitrogen and oxygen atoms in total. The zero-order chi connectivity index (χ0) is 17.7. The Labute approximate surface area is 149 Å². The Morgan fingerprint density at radius 3 is 2.42 bits per heavy atom. The number of hydrogen-bond acceptors (Lipinski definition) is 5. The maximum atomic E-state index is 5.93. The molecule has 1 unspecified atom stereocenters. The van der Waals surface area contributed by atoms with E-state index in [0.29, 0.717) is 6.54 Å². The van der Waals surface area contributed by atoms with Crippen molar-refractivity contribution < 1.29 is 4.74 Å². The first-order valence-corrected chi connectivity index (χ1v) is 9.91. The van der Waals surface area contributed by atoms with E-state index in [4.69, 9.17) is 10.5 Å². The zero-order valence-electron chi connectivity index (χ0n) is 16.2. The van der Waals surface area contributed by atoms with Crippen LogP contribution in [0, 0.1) is 5.41 Å². The molecule has 0 aliphatic carbocycles. The molecule has 0 spiro atoms. The van der Waals surface area contributed by atoms with Crippen molar-refractivity contribution >= 4 is 5.96 Å². The number of nitrogens with zero attached hydrogens (tertiary/aromatic N) is 1. The standard InChI is InChI=1S/C19H40N4O/c1-4-5-6-7-8-9-10-11-12-24-17-13-21-18(22-14-17)23-16-19(2,3)15-20/h17H,4-16,20H2,1-3H3,(H2,21,22,23). The summed E-state index contributed by atoms with van der Waals surface area (Å²) in [6.07, 6.45) is 10.9. The Hall–Kier alpha value is -0.810. The topological polar surface area (TPSA) is 71.7 Å². The predicted octanol–water partition coefficient (Wildman–Crippen LogP) is 3.05. The Kier molecular flexibility index (Phi) is 11.1. The number of guanidine groups is 1. The SMILES string of the molecule is CCCCCCCCCCOC1CN=C(NCC(C)(C)CN)NC1. The molecule has 24 heavy (non-hydrogen) atoms. The van der Waals surface area contributed by atoms with Gasteiger partial charge in [-0.25, -0.2) is 0 Å². The van der Waals surface area contributed by atoms with E-state index in [1.54, 1.807) is 0 Å². The van der Waals surface area contributed by atoms with Gasteiger partial charge in [0.05, 0.1) is 12.6 Å². The van der Waals surface area contributed by atoms with Crippen molar-refractivity contribution in [3.8, 4) is 0 Å². The van der Waals surface area contributed by atoms with Gasteiger partial charge in [-0.3, -0.25) is 4.99 Å². The molecule has 0 aromatic rings. The number of hydrogen-bond donors (Lipinski definition) is 3. The van der Waals surface area contributed by atoms with Crippen LogP contribution in [0.4, 0.5) is 0 Å². The molecule has 0 saturated carbocycles. The van der Waals surface area contributed by atoms with Crippen molar-refractivity contribution in [2.45, 2.75) is 78.2 Å². The first-order valence-electron chi connectivity index (χ1n) is 9.91. The van der Waals surface area contributed by atoms with E-state index in [1.165, 1.54) is 51.4 Å². The average Bonchev–Trinajstić information content (AvgIpc) is 2.59. The van der Waals surface area contributed by atoms with Crippen molar-refractivity contribution in [3.05, 3.63) is 0 Å². The van der Waals surface area contributed by atoms with E-state index < -0.39 is 0 Å². The average molecular weight is 341 g/mol. The van der Waals surface area contributed by atoms with Crippen LogP contribution in [0.15, 0.2) is 4.99 Å². The van der Waals surface area contributed by atoms with Gasteiger partial charge in [-0.2, -0.15) is 0 Å². The van der Waals surface area contributed by atoms with Gasteiger partial charge in [0.2, 0.25) is 0 Å². The van der Waals surface area contributed by atoms with Crippen LogP contribution in [0.3, 0.4) is 0 Å². The first kappa shape index (κ1) is 21.2. The fourth-order valence-electron chi connectivity index (χ4n) is 2.64. The highest BCUT2D eigenvalue weighted by Gasteiger charge is 2.19. The summed E-state index contributed by atoms with van der Waals surface area (Å²) < 4.78 is 5.93. The van der Waals surface area contributed by atoms with Gasteiger partial charge in [0.25, 0.3) is 0 Å². The van der Waals surface area contributed by atoms with Crippen LogP contribution in [0.2, 0.25) is 0 Å². The van der Waals surface area contributed by atoms with Crippen molar-refractivity contribution in [2.75, 3.05) is 32.8 Å². The molecular weight excluding hydrogens is 300 g/mol. The van der Waals surface area contributed by atoms with Crippen LogP contribution < -0.4 is 16.4 Å². The Bertz CT molecular complexity index is 344.